The Morgan fingerprint density at radius 1 is 1.16 bits per heavy atom. The number of halogens is 1. The number of ether oxygens (including phenoxy) is 1. The van der Waals surface area contributed by atoms with Crippen molar-refractivity contribution in [3.8, 4) is 22.8 Å². The van der Waals surface area contributed by atoms with Gasteiger partial charge in [-0.3, -0.25) is 9.36 Å². The van der Waals surface area contributed by atoms with E-state index in [2.05, 4.69) is 17.1 Å². The Bertz CT molecular complexity index is 1050. The lowest BCUT2D eigenvalue weighted by atomic mass is 10.0. The molecular formula is C23H25ClN4O2S. The van der Waals surface area contributed by atoms with Crippen molar-refractivity contribution in [3.05, 3.63) is 53.6 Å². The fourth-order valence-electron chi connectivity index (χ4n) is 3.82. The number of benzene rings is 2. The van der Waals surface area contributed by atoms with E-state index in [1.165, 1.54) is 18.2 Å². The van der Waals surface area contributed by atoms with Gasteiger partial charge in [0.2, 0.25) is 5.91 Å². The molecule has 0 radical (unpaired) electrons. The molecule has 1 fully saturated rings. The van der Waals surface area contributed by atoms with Gasteiger partial charge in [0, 0.05) is 23.8 Å². The lowest BCUT2D eigenvalue weighted by molar-refractivity contribution is -0.131. The molecule has 0 bridgehead atoms. The van der Waals surface area contributed by atoms with Gasteiger partial charge in [0.05, 0.1) is 17.9 Å². The van der Waals surface area contributed by atoms with Crippen LogP contribution in [0, 0.1) is 0 Å². The summed E-state index contributed by atoms with van der Waals surface area (Å²) < 4.78 is 7.23. The molecule has 0 spiro atoms. The Balaban J connectivity index is 1.65. The van der Waals surface area contributed by atoms with Crippen molar-refractivity contribution in [3.63, 3.8) is 0 Å². The monoisotopic (exact) mass is 456 g/mol. The number of carbonyl (C=O) groups is 1. The average Bonchev–Trinajstić information content (AvgIpc) is 3.22. The normalized spacial score (nSPS) is 16.4. The molecule has 0 N–H and O–H groups in total. The van der Waals surface area contributed by atoms with Crippen LogP contribution in [-0.2, 0) is 4.79 Å². The molecule has 2 aromatic carbocycles. The van der Waals surface area contributed by atoms with Crippen LogP contribution < -0.4 is 4.74 Å². The van der Waals surface area contributed by atoms with Crippen LogP contribution in [0.15, 0.2) is 53.7 Å². The average molecular weight is 457 g/mol. The van der Waals surface area contributed by atoms with Crippen LogP contribution in [0.2, 0.25) is 5.02 Å². The van der Waals surface area contributed by atoms with Gasteiger partial charge in [-0.05, 0) is 62.6 Å². The van der Waals surface area contributed by atoms with E-state index in [-0.39, 0.29) is 5.91 Å². The number of carbonyl (C=O) groups excluding carboxylic acids is 1. The van der Waals surface area contributed by atoms with Crippen molar-refractivity contribution in [1.29, 1.82) is 0 Å². The molecule has 1 aliphatic heterocycles. The summed E-state index contributed by atoms with van der Waals surface area (Å²) in [6.07, 6.45) is 3.32. The fraction of sp³-hybridized carbons (Fsp3) is 0.348. The van der Waals surface area contributed by atoms with Crippen LogP contribution in [0.1, 0.15) is 26.2 Å². The molecule has 6 nitrogen and oxygen atoms in total. The molecule has 31 heavy (non-hydrogen) atoms. The van der Waals surface area contributed by atoms with Crippen LogP contribution in [0.3, 0.4) is 0 Å². The van der Waals surface area contributed by atoms with Crippen LogP contribution in [0.5, 0.6) is 5.75 Å². The number of nitrogens with zero attached hydrogens (tertiary/aromatic N) is 4. The van der Waals surface area contributed by atoms with Crippen molar-refractivity contribution < 1.29 is 9.53 Å². The Hall–Kier alpha value is -2.51. The highest BCUT2D eigenvalue weighted by Crippen LogP contribution is 2.32. The fourth-order valence-corrected chi connectivity index (χ4v) is 4.88. The topological polar surface area (TPSA) is 60.2 Å². The van der Waals surface area contributed by atoms with Gasteiger partial charge in [-0.2, -0.15) is 0 Å². The molecule has 1 amide bonds. The summed E-state index contributed by atoms with van der Waals surface area (Å²) in [6, 6.07) is 15.5. The van der Waals surface area contributed by atoms with Gasteiger partial charge < -0.3 is 9.64 Å². The molecule has 1 unspecified atom stereocenters. The van der Waals surface area contributed by atoms with Gasteiger partial charge in [-0.1, -0.05) is 35.5 Å². The van der Waals surface area contributed by atoms with Crippen LogP contribution >= 0.6 is 23.4 Å². The summed E-state index contributed by atoms with van der Waals surface area (Å²) in [5.41, 5.74) is 1.66. The first-order valence-electron chi connectivity index (χ1n) is 10.4. The predicted octanol–water partition coefficient (Wildman–Crippen LogP) is 5.09. The van der Waals surface area contributed by atoms with E-state index in [1.54, 1.807) is 7.11 Å². The third kappa shape index (κ3) is 4.72. The minimum atomic E-state index is 0.140. The molecule has 1 atom stereocenters. The lowest BCUT2D eigenvalue weighted by Crippen LogP contribution is -2.42. The maximum Gasteiger partial charge on any atom is 0.233 e. The van der Waals surface area contributed by atoms with E-state index in [0.717, 1.165) is 36.4 Å². The number of rotatable bonds is 6. The summed E-state index contributed by atoms with van der Waals surface area (Å²) in [4.78, 5) is 14.8. The summed E-state index contributed by atoms with van der Waals surface area (Å²) in [5.74, 6) is 1.86. The van der Waals surface area contributed by atoms with Gasteiger partial charge >= 0.3 is 0 Å². The zero-order valence-electron chi connectivity index (χ0n) is 17.6. The summed E-state index contributed by atoms with van der Waals surface area (Å²) in [5, 5.41) is 10.1. The van der Waals surface area contributed by atoms with Crippen molar-refractivity contribution >= 4 is 29.3 Å². The van der Waals surface area contributed by atoms with Crippen molar-refractivity contribution in [2.45, 2.75) is 37.4 Å². The molecule has 4 rings (SSSR count). The number of likely N-dealkylation sites (tertiary alicyclic amines) is 1. The third-order valence-electron chi connectivity index (χ3n) is 5.53. The Kier molecular flexibility index (Phi) is 6.83. The molecule has 2 heterocycles. The summed E-state index contributed by atoms with van der Waals surface area (Å²) in [7, 11) is 1.64. The van der Waals surface area contributed by atoms with Crippen LogP contribution in [0.25, 0.3) is 17.1 Å². The molecule has 3 aromatic rings. The molecule has 162 valence electrons. The molecule has 1 aliphatic rings. The zero-order chi connectivity index (χ0) is 21.8. The number of hydrogen-bond acceptors (Lipinski definition) is 5. The first-order chi connectivity index (χ1) is 15.1. The Morgan fingerprint density at radius 2 is 1.94 bits per heavy atom. The second-order valence-electron chi connectivity index (χ2n) is 7.54. The quantitative estimate of drug-likeness (QED) is 0.483. The van der Waals surface area contributed by atoms with E-state index in [1.807, 2.05) is 58.0 Å². The minimum Gasteiger partial charge on any atom is -0.497 e. The number of methoxy groups -OCH3 is 1. The number of thioether (sulfide) groups is 1. The highest BCUT2D eigenvalue weighted by atomic mass is 35.5. The number of aromatic nitrogens is 3. The maximum absolute atomic E-state index is 12.9. The maximum atomic E-state index is 12.9. The second-order valence-corrected chi connectivity index (χ2v) is 8.89. The predicted molar refractivity (Wildman–Crippen MR) is 124 cm³/mol. The molecule has 0 saturated carbocycles. The van der Waals surface area contributed by atoms with E-state index in [0.29, 0.717) is 27.8 Å². The van der Waals surface area contributed by atoms with Crippen LogP contribution in [0.4, 0.5) is 0 Å². The number of piperidine rings is 1. The first kappa shape index (κ1) is 21.7. The molecule has 0 aliphatic carbocycles. The van der Waals surface area contributed by atoms with Gasteiger partial charge in [0.25, 0.3) is 0 Å². The second kappa shape index (κ2) is 9.75. The van der Waals surface area contributed by atoms with Gasteiger partial charge in [-0.15, -0.1) is 10.2 Å². The highest BCUT2D eigenvalue weighted by molar-refractivity contribution is 7.99. The van der Waals surface area contributed by atoms with Gasteiger partial charge in [0.1, 0.15) is 5.75 Å². The lowest BCUT2D eigenvalue weighted by Gasteiger charge is -2.33. The van der Waals surface area contributed by atoms with E-state index >= 15 is 0 Å². The van der Waals surface area contributed by atoms with Crippen molar-refractivity contribution in [2.75, 3.05) is 19.4 Å². The largest absolute Gasteiger partial charge is 0.497 e. The smallest absolute Gasteiger partial charge is 0.233 e. The highest BCUT2D eigenvalue weighted by Gasteiger charge is 2.25. The van der Waals surface area contributed by atoms with Crippen molar-refractivity contribution in [1.82, 2.24) is 19.7 Å². The first-order valence-corrected chi connectivity index (χ1v) is 11.7. The molecule has 1 saturated heterocycles. The number of amides is 1. The molecular weight excluding hydrogens is 432 g/mol. The van der Waals surface area contributed by atoms with E-state index < -0.39 is 0 Å². The summed E-state index contributed by atoms with van der Waals surface area (Å²) in [6.45, 7) is 2.95. The standard InChI is InChI=1S/C23H25ClN4O2S/c1-16-7-5-6-14-27(16)21(29)15-31-23-26-25-22(19-8-3-4-9-20(19)24)28(23)17-10-12-18(30-2)13-11-17/h3-4,8-13,16H,5-7,14-15H2,1-2H3. The third-order valence-corrected chi connectivity index (χ3v) is 6.77. The van der Waals surface area contributed by atoms with Crippen LogP contribution in [-0.4, -0.2) is 51.0 Å². The number of hydrogen-bond donors (Lipinski definition) is 0. The van der Waals surface area contributed by atoms with Gasteiger partial charge in [-0.25, -0.2) is 0 Å². The van der Waals surface area contributed by atoms with Crippen molar-refractivity contribution in [2.24, 2.45) is 0 Å². The molecule has 1 aromatic heterocycles. The Labute approximate surface area is 191 Å². The zero-order valence-corrected chi connectivity index (χ0v) is 19.2. The SMILES string of the molecule is COc1ccc(-n2c(SCC(=O)N3CCCCC3C)nnc2-c2ccccc2Cl)cc1. The van der Waals surface area contributed by atoms with Gasteiger partial charge in [0.15, 0.2) is 11.0 Å². The molecule has 8 heteroatoms. The minimum absolute atomic E-state index is 0.140. The van der Waals surface area contributed by atoms with E-state index in [9.17, 15) is 4.79 Å². The Morgan fingerprint density at radius 3 is 2.65 bits per heavy atom. The van der Waals surface area contributed by atoms with E-state index in [4.69, 9.17) is 16.3 Å². The summed E-state index contributed by atoms with van der Waals surface area (Å²) >= 11 is 7.85.